The van der Waals surface area contributed by atoms with Crippen molar-refractivity contribution in [3.8, 4) is 5.69 Å². The van der Waals surface area contributed by atoms with Gasteiger partial charge in [-0.05, 0) is 95.1 Å². The molecule has 0 atom stereocenters. The molecular weight excluding hydrogens is 508 g/mol. The SMILES string of the molecule is Cc1ccc(-n2c(C)cc(/C=N\NC(=O)CN(c3ccc(C)c(C)c3)S(=O)(=O)c3ccc(C)cc3)c2C)cc1. The number of amides is 1. The van der Waals surface area contributed by atoms with Crippen molar-refractivity contribution < 1.29 is 13.2 Å². The molecule has 1 N–H and O–H groups in total. The van der Waals surface area contributed by atoms with Gasteiger partial charge in [-0.15, -0.1) is 0 Å². The van der Waals surface area contributed by atoms with Gasteiger partial charge in [-0.25, -0.2) is 13.8 Å². The lowest BCUT2D eigenvalue weighted by molar-refractivity contribution is -0.119. The second-order valence-electron chi connectivity index (χ2n) is 9.88. The molecule has 4 aromatic rings. The fraction of sp³-hybridized carbons (Fsp3) is 0.226. The van der Waals surface area contributed by atoms with Crippen LogP contribution in [0.5, 0.6) is 0 Å². The van der Waals surface area contributed by atoms with E-state index >= 15 is 0 Å². The summed E-state index contributed by atoms with van der Waals surface area (Å²) in [5.74, 6) is -0.549. The predicted molar refractivity (Wildman–Crippen MR) is 157 cm³/mol. The van der Waals surface area contributed by atoms with Crippen LogP contribution in [0.1, 0.15) is 39.2 Å². The van der Waals surface area contributed by atoms with E-state index in [1.165, 1.54) is 5.56 Å². The highest BCUT2D eigenvalue weighted by Gasteiger charge is 2.27. The molecule has 0 spiro atoms. The van der Waals surface area contributed by atoms with Gasteiger partial charge in [0.1, 0.15) is 6.54 Å². The lowest BCUT2D eigenvalue weighted by Crippen LogP contribution is -2.39. The molecule has 1 amide bonds. The van der Waals surface area contributed by atoms with E-state index in [0.717, 1.165) is 43.6 Å². The molecule has 3 aromatic carbocycles. The van der Waals surface area contributed by atoms with E-state index in [0.29, 0.717) is 5.69 Å². The third kappa shape index (κ3) is 6.12. The van der Waals surface area contributed by atoms with Gasteiger partial charge < -0.3 is 4.57 Å². The van der Waals surface area contributed by atoms with Gasteiger partial charge in [-0.3, -0.25) is 9.10 Å². The molecule has 0 bridgehead atoms. The summed E-state index contributed by atoms with van der Waals surface area (Å²) in [5.41, 5.74) is 10.9. The number of hydrazone groups is 1. The number of aromatic nitrogens is 1. The summed E-state index contributed by atoms with van der Waals surface area (Å²) in [7, 11) is -4.00. The Morgan fingerprint density at radius 2 is 1.46 bits per heavy atom. The Kier molecular flexibility index (Phi) is 8.06. The highest BCUT2D eigenvalue weighted by Crippen LogP contribution is 2.26. The number of benzene rings is 3. The van der Waals surface area contributed by atoms with Crippen molar-refractivity contribution in [2.45, 2.75) is 46.4 Å². The van der Waals surface area contributed by atoms with E-state index in [-0.39, 0.29) is 4.90 Å². The quantitative estimate of drug-likeness (QED) is 0.230. The van der Waals surface area contributed by atoms with Gasteiger partial charge >= 0.3 is 0 Å². The van der Waals surface area contributed by atoms with E-state index in [1.807, 2.05) is 53.7 Å². The van der Waals surface area contributed by atoms with Crippen LogP contribution in [0.4, 0.5) is 5.69 Å². The Hall–Kier alpha value is -4.17. The summed E-state index contributed by atoms with van der Waals surface area (Å²) in [5, 5.41) is 4.15. The van der Waals surface area contributed by atoms with Crippen molar-refractivity contribution >= 4 is 27.8 Å². The summed E-state index contributed by atoms with van der Waals surface area (Å²) in [6.45, 7) is 11.4. The Labute approximate surface area is 230 Å². The molecule has 0 aliphatic carbocycles. The zero-order valence-corrected chi connectivity index (χ0v) is 24.0. The topological polar surface area (TPSA) is 83.8 Å². The molecule has 8 heteroatoms. The zero-order valence-electron chi connectivity index (χ0n) is 23.2. The van der Waals surface area contributed by atoms with E-state index < -0.39 is 22.5 Å². The first-order valence-electron chi connectivity index (χ1n) is 12.7. The Morgan fingerprint density at radius 1 is 0.846 bits per heavy atom. The maximum absolute atomic E-state index is 13.6. The number of aryl methyl sites for hydroxylation is 5. The lowest BCUT2D eigenvalue weighted by Gasteiger charge is -2.24. The van der Waals surface area contributed by atoms with Gasteiger partial charge in [0.25, 0.3) is 15.9 Å². The highest BCUT2D eigenvalue weighted by atomic mass is 32.2. The number of anilines is 1. The Morgan fingerprint density at radius 3 is 2.08 bits per heavy atom. The summed E-state index contributed by atoms with van der Waals surface area (Å²) in [4.78, 5) is 13.1. The molecule has 0 saturated carbocycles. The van der Waals surface area contributed by atoms with Crippen molar-refractivity contribution in [2.75, 3.05) is 10.8 Å². The maximum atomic E-state index is 13.6. The molecule has 0 saturated heterocycles. The molecule has 1 aromatic heterocycles. The summed E-state index contributed by atoms with van der Waals surface area (Å²) in [6.07, 6.45) is 1.58. The number of hydrogen-bond acceptors (Lipinski definition) is 4. The fourth-order valence-corrected chi connectivity index (χ4v) is 5.80. The van der Waals surface area contributed by atoms with Crippen LogP contribution in [0.15, 0.2) is 82.8 Å². The molecule has 202 valence electrons. The van der Waals surface area contributed by atoms with E-state index in [2.05, 4.69) is 39.4 Å². The Bertz CT molecular complexity index is 1630. The van der Waals surface area contributed by atoms with Crippen LogP contribution in [0, 0.1) is 41.5 Å². The van der Waals surface area contributed by atoms with Gasteiger partial charge in [0.05, 0.1) is 16.8 Å². The number of carbonyl (C=O) groups is 1. The number of sulfonamides is 1. The van der Waals surface area contributed by atoms with Crippen LogP contribution in [-0.4, -0.2) is 31.7 Å². The lowest BCUT2D eigenvalue weighted by atomic mass is 10.1. The molecule has 39 heavy (non-hydrogen) atoms. The van der Waals surface area contributed by atoms with Crippen molar-refractivity contribution in [3.63, 3.8) is 0 Å². The number of rotatable bonds is 8. The summed E-state index contributed by atoms with van der Waals surface area (Å²) < 4.78 is 30.5. The molecule has 1 heterocycles. The van der Waals surface area contributed by atoms with Crippen LogP contribution in [0.2, 0.25) is 0 Å². The third-order valence-electron chi connectivity index (χ3n) is 6.83. The first-order chi connectivity index (χ1) is 18.5. The van der Waals surface area contributed by atoms with Gasteiger partial charge in [0.15, 0.2) is 0 Å². The minimum atomic E-state index is -4.00. The number of nitrogens with zero attached hydrogens (tertiary/aromatic N) is 3. The average molecular weight is 543 g/mol. The van der Waals surface area contributed by atoms with Crippen molar-refractivity contribution in [1.82, 2.24) is 9.99 Å². The summed E-state index contributed by atoms with van der Waals surface area (Å²) >= 11 is 0. The van der Waals surface area contributed by atoms with E-state index in [1.54, 1.807) is 42.6 Å². The zero-order chi connectivity index (χ0) is 28.3. The molecule has 0 fully saturated rings. The van der Waals surface area contributed by atoms with Gasteiger partial charge in [-0.1, -0.05) is 41.5 Å². The standard InChI is InChI=1S/C31H34N4O3S/c1-21-7-12-28(13-8-21)35-25(5)18-27(26(35)6)19-32-33-31(36)20-34(29-14-11-23(3)24(4)17-29)39(37,38)30-15-9-22(2)10-16-30/h7-19H,20H2,1-6H3,(H,33,36)/b32-19-. The third-order valence-corrected chi connectivity index (χ3v) is 8.62. The van der Waals surface area contributed by atoms with Gasteiger partial charge in [-0.2, -0.15) is 5.10 Å². The number of carbonyl (C=O) groups excluding carboxylic acids is 1. The minimum absolute atomic E-state index is 0.117. The smallest absolute Gasteiger partial charge is 0.264 e. The highest BCUT2D eigenvalue weighted by molar-refractivity contribution is 7.92. The van der Waals surface area contributed by atoms with E-state index in [9.17, 15) is 13.2 Å². The molecule has 7 nitrogen and oxygen atoms in total. The van der Waals surface area contributed by atoms with Crippen LogP contribution in [-0.2, 0) is 14.8 Å². The molecular formula is C31H34N4O3S. The number of nitrogens with one attached hydrogen (secondary N) is 1. The molecule has 0 aliphatic rings. The van der Waals surface area contributed by atoms with Crippen LogP contribution >= 0.6 is 0 Å². The monoisotopic (exact) mass is 542 g/mol. The van der Waals surface area contributed by atoms with Crippen LogP contribution in [0.25, 0.3) is 5.69 Å². The van der Waals surface area contributed by atoms with E-state index in [4.69, 9.17) is 0 Å². The molecule has 4 rings (SSSR count). The van der Waals surface area contributed by atoms with Crippen LogP contribution < -0.4 is 9.73 Å². The minimum Gasteiger partial charge on any atom is -0.318 e. The van der Waals surface area contributed by atoms with Gasteiger partial charge in [0, 0.05) is 22.6 Å². The van der Waals surface area contributed by atoms with Crippen molar-refractivity contribution in [1.29, 1.82) is 0 Å². The van der Waals surface area contributed by atoms with Gasteiger partial charge in [0.2, 0.25) is 0 Å². The van der Waals surface area contributed by atoms with Crippen molar-refractivity contribution in [3.05, 3.63) is 112 Å². The first kappa shape index (κ1) is 27.9. The normalized spacial score (nSPS) is 11.6. The first-order valence-corrected chi connectivity index (χ1v) is 14.2. The summed E-state index contributed by atoms with van der Waals surface area (Å²) in [6, 6.07) is 22.2. The number of hydrogen-bond donors (Lipinski definition) is 1. The molecule has 0 unspecified atom stereocenters. The second-order valence-corrected chi connectivity index (χ2v) is 11.7. The van der Waals surface area contributed by atoms with Crippen LogP contribution in [0.3, 0.4) is 0 Å². The predicted octanol–water partition coefficient (Wildman–Crippen LogP) is 5.67. The maximum Gasteiger partial charge on any atom is 0.264 e. The van der Waals surface area contributed by atoms with Crippen molar-refractivity contribution in [2.24, 2.45) is 5.10 Å². The Balaban J connectivity index is 1.57. The molecule has 0 radical (unpaired) electrons. The second kappa shape index (κ2) is 11.3. The fourth-order valence-electron chi connectivity index (χ4n) is 4.38. The average Bonchev–Trinajstić information content (AvgIpc) is 3.17. The molecule has 0 aliphatic heterocycles. The largest absolute Gasteiger partial charge is 0.318 e.